The highest BCUT2D eigenvalue weighted by Gasteiger charge is 2.32. The molecule has 1 aliphatic rings. The molecule has 0 unspecified atom stereocenters. The fraction of sp³-hybridized carbons (Fsp3) is 0.286. The molecule has 34 heavy (non-hydrogen) atoms. The summed E-state index contributed by atoms with van der Waals surface area (Å²) in [4.78, 5) is 29.4. The maximum absolute atomic E-state index is 13.7. The average molecular weight is 452 g/mol. The largest absolute Gasteiger partial charge is 0.331 e. The number of nitrogens with zero attached hydrogens (tertiary/aromatic N) is 5. The SMILES string of the molecule is Cc1cccc(Cc2cncc([C@H]3CCCN3C(=O)c3ccccc3Cn3ccnc3C)n2)c1. The monoisotopic (exact) mass is 451 g/mol. The summed E-state index contributed by atoms with van der Waals surface area (Å²) in [6.07, 6.45) is 9.98. The van der Waals surface area contributed by atoms with Gasteiger partial charge >= 0.3 is 0 Å². The minimum Gasteiger partial charge on any atom is -0.331 e. The van der Waals surface area contributed by atoms with Crippen molar-refractivity contribution in [2.75, 3.05) is 6.54 Å². The maximum Gasteiger partial charge on any atom is 0.254 e. The third-order valence-corrected chi connectivity index (χ3v) is 6.54. The quantitative estimate of drug-likeness (QED) is 0.418. The van der Waals surface area contributed by atoms with Crippen molar-refractivity contribution in [3.63, 3.8) is 0 Å². The van der Waals surface area contributed by atoms with Crippen molar-refractivity contribution in [1.29, 1.82) is 0 Å². The first-order chi connectivity index (χ1) is 16.6. The molecule has 0 radical (unpaired) electrons. The summed E-state index contributed by atoms with van der Waals surface area (Å²) in [5.41, 5.74) is 6.00. The van der Waals surface area contributed by atoms with Gasteiger partial charge < -0.3 is 9.47 Å². The number of amides is 1. The maximum atomic E-state index is 13.7. The molecular formula is C28H29N5O. The molecular weight excluding hydrogens is 422 g/mol. The first-order valence-corrected chi connectivity index (χ1v) is 11.8. The van der Waals surface area contributed by atoms with Crippen molar-refractivity contribution in [1.82, 2.24) is 24.4 Å². The van der Waals surface area contributed by atoms with Gasteiger partial charge in [-0.05, 0) is 43.9 Å². The lowest BCUT2D eigenvalue weighted by Gasteiger charge is -2.25. The number of likely N-dealkylation sites (tertiary alicyclic amines) is 1. The van der Waals surface area contributed by atoms with Gasteiger partial charge in [-0.25, -0.2) is 4.98 Å². The lowest BCUT2D eigenvalue weighted by atomic mass is 10.0. The molecule has 2 aromatic carbocycles. The van der Waals surface area contributed by atoms with E-state index in [2.05, 4.69) is 45.7 Å². The summed E-state index contributed by atoms with van der Waals surface area (Å²) in [6.45, 7) is 5.42. The molecule has 0 aliphatic carbocycles. The van der Waals surface area contributed by atoms with Crippen molar-refractivity contribution in [2.24, 2.45) is 0 Å². The second-order valence-corrected chi connectivity index (χ2v) is 9.02. The number of aryl methyl sites for hydroxylation is 2. The van der Waals surface area contributed by atoms with E-state index < -0.39 is 0 Å². The second kappa shape index (κ2) is 9.59. The number of rotatable bonds is 6. The highest BCUT2D eigenvalue weighted by molar-refractivity contribution is 5.96. The molecule has 172 valence electrons. The van der Waals surface area contributed by atoms with Gasteiger partial charge in [0.1, 0.15) is 5.82 Å². The van der Waals surface area contributed by atoms with Gasteiger partial charge in [0.15, 0.2) is 0 Å². The Morgan fingerprint density at radius 3 is 2.79 bits per heavy atom. The van der Waals surface area contributed by atoms with Gasteiger partial charge in [0.25, 0.3) is 5.91 Å². The molecule has 1 saturated heterocycles. The van der Waals surface area contributed by atoms with Crippen molar-refractivity contribution < 1.29 is 4.79 Å². The topological polar surface area (TPSA) is 63.9 Å². The Morgan fingerprint density at radius 1 is 1.09 bits per heavy atom. The van der Waals surface area contributed by atoms with Gasteiger partial charge in [-0.1, -0.05) is 48.0 Å². The fourth-order valence-electron chi connectivity index (χ4n) is 4.79. The van der Waals surface area contributed by atoms with E-state index in [4.69, 9.17) is 4.98 Å². The standard InChI is InChI=1S/C28H29N5O/c1-20-7-5-8-22(15-20)16-24-17-29-18-26(31-24)27-11-6-13-33(27)28(34)25-10-4-3-9-23(25)19-32-14-12-30-21(32)2/h3-5,7-10,12,14-15,17-18,27H,6,11,13,16,19H2,1-2H3/t27-/m1/s1. The second-order valence-electron chi connectivity index (χ2n) is 9.02. The Labute approximate surface area is 200 Å². The highest BCUT2D eigenvalue weighted by atomic mass is 16.2. The number of benzene rings is 2. The van der Waals surface area contributed by atoms with E-state index in [1.165, 1.54) is 11.1 Å². The van der Waals surface area contributed by atoms with Crippen LogP contribution in [-0.4, -0.2) is 36.9 Å². The zero-order valence-corrected chi connectivity index (χ0v) is 19.7. The van der Waals surface area contributed by atoms with Crippen LogP contribution in [0.2, 0.25) is 0 Å². The van der Waals surface area contributed by atoms with E-state index in [1.807, 2.05) is 54.7 Å². The fourth-order valence-corrected chi connectivity index (χ4v) is 4.79. The normalized spacial score (nSPS) is 15.6. The minimum atomic E-state index is -0.0551. The first-order valence-electron chi connectivity index (χ1n) is 11.8. The molecule has 0 spiro atoms. The molecule has 2 aromatic heterocycles. The predicted molar refractivity (Wildman–Crippen MR) is 132 cm³/mol. The molecule has 3 heterocycles. The summed E-state index contributed by atoms with van der Waals surface area (Å²) in [5.74, 6) is 0.990. The highest BCUT2D eigenvalue weighted by Crippen LogP contribution is 2.32. The van der Waals surface area contributed by atoms with Crippen LogP contribution in [0.5, 0.6) is 0 Å². The lowest BCUT2D eigenvalue weighted by molar-refractivity contribution is 0.0731. The van der Waals surface area contributed by atoms with Crippen LogP contribution in [0.25, 0.3) is 0 Å². The zero-order chi connectivity index (χ0) is 23.5. The number of carbonyl (C=O) groups excluding carboxylic acids is 1. The summed E-state index contributed by atoms with van der Waals surface area (Å²) in [7, 11) is 0. The van der Waals surface area contributed by atoms with Crippen LogP contribution < -0.4 is 0 Å². The van der Waals surface area contributed by atoms with E-state index in [-0.39, 0.29) is 11.9 Å². The summed E-state index contributed by atoms with van der Waals surface area (Å²) in [6, 6.07) is 16.3. The molecule has 0 N–H and O–H groups in total. The summed E-state index contributed by atoms with van der Waals surface area (Å²) >= 11 is 0. The summed E-state index contributed by atoms with van der Waals surface area (Å²) in [5, 5.41) is 0. The first kappa shape index (κ1) is 22.0. The Bertz CT molecular complexity index is 1310. The van der Waals surface area contributed by atoms with Gasteiger partial charge in [0.05, 0.1) is 23.6 Å². The number of hydrogen-bond donors (Lipinski definition) is 0. The molecule has 1 aliphatic heterocycles. The third-order valence-electron chi connectivity index (χ3n) is 6.54. The van der Waals surface area contributed by atoms with Crippen molar-refractivity contribution in [3.05, 3.63) is 113 Å². The van der Waals surface area contributed by atoms with E-state index in [0.29, 0.717) is 6.54 Å². The van der Waals surface area contributed by atoms with E-state index in [0.717, 1.165) is 54.1 Å². The van der Waals surface area contributed by atoms with Gasteiger partial charge in [-0.15, -0.1) is 0 Å². The predicted octanol–water partition coefficient (Wildman–Crippen LogP) is 4.91. The minimum absolute atomic E-state index is 0.0551. The molecule has 1 amide bonds. The Kier molecular flexibility index (Phi) is 6.21. The van der Waals surface area contributed by atoms with Crippen molar-refractivity contribution in [2.45, 2.75) is 45.7 Å². The van der Waals surface area contributed by atoms with Crippen LogP contribution >= 0.6 is 0 Å². The molecule has 0 saturated carbocycles. The zero-order valence-electron chi connectivity index (χ0n) is 19.7. The van der Waals surface area contributed by atoms with Crippen molar-refractivity contribution >= 4 is 5.91 Å². The van der Waals surface area contributed by atoms with E-state index in [9.17, 15) is 4.79 Å². The number of aromatic nitrogens is 4. The van der Waals surface area contributed by atoms with Gasteiger partial charge in [0.2, 0.25) is 0 Å². The molecule has 6 heteroatoms. The Morgan fingerprint density at radius 2 is 1.97 bits per heavy atom. The number of carbonyl (C=O) groups is 1. The Hall–Kier alpha value is -3.80. The lowest BCUT2D eigenvalue weighted by Crippen LogP contribution is -2.32. The Balaban J connectivity index is 1.39. The third kappa shape index (κ3) is 4.62. The van der Waals surface area contributed by atoms with Crippen LogP contribution in [0.4, 0.5) is 0 Å². The molecule has 4 aromatic rings. The van der Waals surface area contributed by atoms with Crippen LogP contribution in [0.15, 0.2) is 73.3 Å². The number of hydrogen-bond acceptors (Lipinski definition) is 4. The molecule has 0 bridgehead atoms. The smallest absolute Gasteiger partial charge is 0.254 e. The van der Waals surface area contributed by atoms with Crippen LogP contribution in [0.1, 0.15) is 63.1 Å². The molecule has 1 fully saturated rings. The van der Waals surface area contributed by atoms with Gasteiger partial charge in [0, 0.05) is 43.7 Å². The van der Waals surface area contributed by atoms with E-state index in [1.54, 1.807) is 6.20 Å². The van der Waals surface area contributed by atoms with Gasteiger partial charge in [-0.2, -0.15) is 0 Å². The van der Waals surface area contributed by atoms with E-state index >= 15 is 0 Å². The molecule has 5 rings (SSSR count). The van der Waals surface area contributed by atoms with Crippen LogP contribution in [0.3, 0.4) is 0 Å². The molecule has 1 atom stereocenters. The average Bonchev–Trinajstić information content (AvgIpc) is 3.49. The van der Waals surface area contributed by atoms with Gasteiger partial charge in [-0.3, -0.25) is 14.8 Å². The number of imidazole rings is 1. The molecule has 6 nitrogen and oxygen atoms in total. The van der Waals surface area contributed by atoms with Crippen LogP contribution in [-0.2, 0) is 13.0 Å². The van der Waals surface area contributed by atoms with Crippen LogP contribution in [0, 0.1) is 13.8 Å². The summed E-state index contributed by atoms with van der Waals surface area (Å²) < 4.78 is 2.06. The van der Waals surface area contributed by atoms with Crippen molar-refractivity contribution in [3.8, 4) is 0 Å².